The Kier molecular flexibility index (Phi) is 3.83. The fourth-order valence-corrected chi connectivity index (χ4v) is 0.988. The maximum absolute atomic E-state index is 5.54. The minimum atomic E-state index is 0.104. The molecule has 0 radical (unpaired) electrons. The van der Waals surface area contributed by atoms with E-state index in [4.69, 9.17) is 10.5 Å². The van der Waals surface area contributed by atoms with Crippen LogP contribution in [-0.2, 0) is 0 Å². The smallest absolute Gasteiger partial charge is 0.316 e. The molecule has 1 unspecified atom stereocenters. The van der Waals surface area contributed by atoms with Crippen molar-refractivity contribution in [1.29, 1.82) is 0 Å². The van der Waals surface area contributed by atoms with Gasteiger partial charge in [-0.25, -0.2) is 9.97 Å². The summed E-state index contributed by atoms with van der Waals surface area (Å²) in [5, 5.41) is 0. The standard InChI is InChI=1S/C10H17N3O/c1-7(2)14-10-12-5-9(6-13-10)8(3)4-11/h5-8H,4,11H2,1-3H3. The van der Waals surface area contributed by atoms with Crippen LogP contribution in [0.3, 0.4) is 0 Å². The van der Waals surface area contributed by atoms with Crippen molar-refractivity contribution < 1.29 is 4.74 Å². The van der Waals surface area contributed by atoms with Crippen LogP contribution in [0.4, 0.5) is 0 Å². The number of ether oxygens (including phenoxy) is 1. The molecular weight excluding hydrogens is 178 g/mol. The van der Waals surface area contributed by atoms with E-state index in [0.29, 0.717) is 18.5 Å². The Balaban J connectivity index is 2.68. The van der Waals surface area contributed by atoms with Crippen molar-refractivity contribution >= 4 is 0 Å². The topological polar surface area (TPSA) is 61.0 Å². The SMILES string of the molecule is CC(C)Oc1ncc(C(C)CN)cn1. The third-order valence-corrected chi connectivity index (χ3v) is 1.91. The molecule has 0 saturated heterocycles. The van der Waals surface area contributed by atoms with Gasteiger partial charge in [0.15, 0.2) is 0 Å². The molecule has 0 aliphatic heterocycles. The van der Waals surface area contributed by atoms with Crippen molar-refractivity contribution in [3.05, 3.63) is 18.0 Å². The van der Waals surface area contributed by atoms with Crippen molar-refractivity contribution in [2.45, 2.75) is 32.8 Å². The lowest BCUT2D eigenvalue weighted by atomic mass is 10.1. The van der Waals surface area contributed by atoms with Crippen LogP contribution in [0.25, 0.3) is 0 Å². The number of nitrogens with zero attached hydrogens (tertiary/aromatic N) is 2. The summed E-state index contributed by atoms with van der Waals surface area (Å²) in [7, 11) is 0. The van der Waals surface area contributed by atoms with E-state index in [1.165, 1.54) is 0 Å². The van der Waals surface area contributed by atoms with E-state index in [-0.39, 0.29) is 6.10 Å². The first kappa shape index (κ1) is 10.9. The van der Waals surface area contributed by atoms with Crippen molar-refractivity contribution in [2.24, 2.45) is 5.73 Å². The van der Waals surface area contributed by atoms with Gasteiger partial charge in [0.2, 0.25) is 0 Å². The Hall–Kier alpha value is -1.16. The van der Waals surface area contributed by atoms with Crippen LogP contribution in [0.5, 0.6) is 6.01 Å². The summed E-state index contributed by atoms with van der Waals surface area (Å²) in [4.78, 5) is 8.20. The van der Waals surface area contributed by atoms with Crippen LogP contribution in [0, 0.1) is 0 Å². The highest BCUT2D eigenvalue weighted by molar-refractivity contribution is 5.12. The Bertz CT molecular complexity index is 271. The van der Waals surface area contributed by atoms with E-state index in [2.05, 4.69) is 9.97 Å². The molecule has 1 aromatic heterocycles. The quantitative estimate of drug-likeness (QED) is 0.787. The minimum absolute atomic E-state index is 0.104. The lowest BCUT2D eigenvalue weighted by Gasteiger charge is -2.10. The Morgan fingerprint density at radius 1 is 1.29 bits per heavy atom. The molecule has 0 amide bonds. The molecule has 4 nitrogen and oxygen atoms in total. The second-order valence-corrected chi connectivity index (χ2v) is 3.60. The summed E-state index contributed by atoms with van der Waals surface area (Å²) >= 11 is 0. The Morgan fingerprint density at radius 2 is 1.86 bits per heavy atom. The fourth-order valence-electron chi connectivity index (χ4n) is 0.988. The fraction of sp³-hybridized carbons (Fsp3) is 0.600. The van der Waals surface area contributed by atoms with Crippen molar-refractivity contribution in [2.75, 3.05) is 6.54 Å². The maximum Gasteiger partial charge on any atom is 0.316 e. The van der Waals surface area contributed by atoms with E-state index in [0.717, 1.165) is 5.56 Å². The van der Waals surface area contributed by atoms with Crippen molar-refractivity contribution in [3.8, 4) is 6.01 Å². The first-order valence-corrected chi connectivity index (χ1v) is 4.82. The van der Waals surface area contributed by atoms with E-state index < -0.39 is 0 Å². The molecule has 0 spiro atoms. The van der Waals surface area contributed by atoms with E-state index >= 15 is 0 Å². The van der Waals surface area contributed by atoms with Gasteiger partial charge >= 0.3 is 6.01 Å². The van der Waals surface area contributed by atoms with Crippen LogP contribution in [0.2, 0.25) is 0 Å². The maximum atomic E-state index is 5.54. The lowest BCUT2D eigenvalue weighted by molar-refractivity contribution is 0.222. The van der Waals surface area contributed by atoms with Crippen LogP contribution in [0.1, 0.15) is 32.3 Å². The zero-order valence-electron chi connectivity index (χ0n) is 8.90. The zero-order chi connectivity index (χ0) is 10.6. The summed E-state index contributed by atoms with van der Waals surface area (Å²) in [6, 6.07) is 0.424. The van der Waals surface area contributed by atoms with E-state index in [1.54, 1.807) is 12.4 Å². The van der Waals surface area contributed by atoms with Crippen LogP contribution in [0.15, 0.2) is 12.4 Å². The number of nitrogens with two attached hydrogens (primary N) is 1. The third-order valence-electron chi connectivity index (χ3n) is 1.91. The largest absolute Gasteiger partial charge is 0.461 e. The highest BCUT2D eigenvalue weighted by Crippen LogP contribution is 2.13. The predicted molar refractivity (Wildman–Crippen MR) is 55.3 cm³/mol. The molecule has 0 aromatic carbocycles. The summed E-state index contributed by atoms with van der Waals surface area (Å²) in [5.74, 6) is 0.295. The second-order valence-electron chi connectivity index (χ2n) is 3.60. The molecule has 14 heavy (non-hydrogen) atoms. The first-order chi connectivity index (χ1) is 6.63. The monoisotopic (exact) mass is 195 g/mol. The average Bonchev–Trinajstić information content (AvgIpc) is 2.17. The highest BCUT2D eigenvalue weighted by atomic mass is 16.5. The number of hydrogen-bond acceptors (Lipinski definition) is 4. The number of hydrogen-bond donors (Lipinski definition) is 1. The summed E-state index contributed by atoms with van der Waals surface area (Å²) in [6.07, 6.45) is 3.64. The van der Waals surface area contributed by atoms with Crippen LogP contribution < -0.4 is 10.5 Å². The molecule has 4 heteroatoms. The van der Waals surface area contributed by atoms with Gasteiger partial charge in [0.25, 0.3) is 0 Å². The molecule has 1 heterocycles. The predicted octanol–water partition coefficient (Wildman–Crippen LogP) is 1.33. The van der Waals surface area contributed by atoms with E-state index in [1.807, 2.05) is 20.8 Å². The molecule has 1 aromatic rings. The molecule has 0 bridgehead atoms. The minimum Gasteiger partial charge on any atom is -0.461 e. The Morgan fingerprint density at radius 3 is 2.29 bits per heavy atom. The molecule has 0 aliphatic carbocycles. The normalized spacial score (nSPS) is 12.9. The van der Waals surface area contributed by atoms with E-state index in [9.17, 15) is 0 Å². The molecule has 1 rings (SSSR count). The van der Waals surface area contributed by atoms with Gasteiger partial charge in [-0.3, -0.25) is 0 Å². The van der Waals surface area contributed by atoms with Crippen LogP contribution in [-0.4, -0.2) is 22.6 Å². The molecule has 2 N–H and O–H groups in total. The molecule has 0 fully saturated rings. The number of aromatic nitrogens is 2. The van der Waals surface area contributed by atoms with Gasteiger partial charge in [-0.15, -0.1) is 0 Å². The lowest BCUT2D eigenvalue weighted by Crippen LogP contribution is -2.11. The Labute approximate surface area is 84.5 Å². The molecule has 1 atom stereocenters. The molecule has 0 aliphatic rings. The third kappa shape index (κ3) is 2.96. The average molecular weight is 195 g/mol. The van der Waals surface area contributed by atoms with Gasteiger partial charge in [-0.1, -0.05) is 6.92 Å². The summed E-state index contributed by atoms with van der Waals surface area (Å²) in [6.45, 7) is 6.54. The summed E-state index contributed by atoms with van der Waals surface area (Å²) < 4.78 is 5.33. The number of rotatable bonds is 4. The van der Waals surface area contributed by atoms with Gasteiger partial charge in [0, 0.05) is 12.4 Å². The van der Waals surface area contributed by atoms with Gasteiger partial charge in [-0.2, -0.15) is 0 Å². The van der Waals surface area contributed by atoms with Crippen LogP contribution >= 0.6 is 0 Å². The summed E-state index contributed by atoms with van der Waals surface area (Å²) in [5.41, 5.74) is 6.58. The zero-order valence-corrected chi connectivity index (χ0v) is 8.90. The van der Waals surface area contributed by atoms with Gasteiger partial charge in [0.05, 0.1) is 6.10 Å². The highest BCUT2D eigenvalue weighted by Gasteiger charge is 2.05. The van der Waals surface area contributed by atoms with Gasteiger partial charge in [-0.05, 0) is 31.9 Å². The van der Waals surface area contributed by atoms with Crippen molar-refractivity contribution in [1.82, 2.24) is 9.97 Å². The first-order valence-electron chi connectivity index (χ1n) is 4.82. The molecular formula is C10H17N3O. The second kappa shape index (κ2) is 4.91. The molecule has 78 valence electrons. The van der Waals surface area contributed by atoms with Gasteiger partial charge in [0.1, 0.15) is 0 Å². The van der Waals surface area contributed by atoms with Crippen molar-refractivity contribution in [3.63, 3.8) is 0 Å². The molecule has 0 saturated carbocycles. The van der Waals surface area contributed by atoms with Gasteiger partial charge < -0.3 is 10.5 Å².